The number of nitrogens with zero attached hydrogens (tertiary/aromatic N) is 3. The zero-order valence-corrected chi connectivity index (χ0v) is 13.3. The van der Waals surface area contributed by atoms with E-state index in [9.17, 15) is 14.9 Å². The lowest BCUT2D eigenvalue weighted by Crippen LogP contribution is -2.14. The van der Waals surface area contributed by atoms with Crippen molar-refractivity contribution in [2.45, 2.75) is 5.03 Å². The maximum absolute atomic E-state index is 12.0. The minimum absolute atomic E-state index is 0.0155. The monoisotopic (exact) mass is 346 g/mol. The van der Waals surface area contributed by atoms with Gasteiger partial charge in [-0.15, -0.1) is 11.3 Å². The highest BCUT2D eigenvalue weighted by molar-refractivity contribution is 8.00. The van der Waals surface area contributed by atoms with Crippen LogP contribution in [0.25, 0.3) is 10.2 Å². The Morgan fingerprint density at radius 2 is 2.04 bits per heavy atom. The van der Waals surface area contributed by atoms with Gasteiger partial charge in [0.25, 0.3) is 5.69 Å². The minimum atomic E-state index is -0.483. The van der Waals surface area contributed by atoms with E-state index in [1.807, 2.05) is 11.4 Å². The first-order valence-corrected chi connectivity index (χ1v) is 8.35. The van der Waals surface area contributed by atoms with Crippen molar-refractivity contribution >= 4 is 50.6 Å². The van der Waals surface area contributed by atoms with Crippen molar-refractivity contribution in [3.05, 3.63) is 52.2 Å². The molecule has 0 spiro atoms. The minimum Gasteiger partial charge on any atom is -0.325 e. The molecule has 0 bridgehead atoms. The number of non-ortho nitro benzene ring substituents is 1. The van der Waals surface area contributed by atoms with Crippen molar-refractivity contribution in [2.24, 2.45) is 0 Å². The molecule has 1 amide bonds. The molecule has 116 valence electrons. The molecule has 3 rings (SSSR count). The lowest BCUT2D eigenvalue weighted by atomic mass is 10.3. The van der Waals surface area contributed by atoms with Crippen LogP contribution in [0.4, 0.5) is 11.4 Å². The van der Waals surface area contributed by atoms with Gasteiger partial charge in [-0.25, -0.2) is 9.97 Å². The van der Waals surface area contributed by atoms with Crippen molar-refractivity contribution in [2.75, 3.05) is 11.1 Å². The molecule has 0 aliphatic carbocycles. The predicted molar refractivity (Wildman–Crippen MR) is 89.9 cm³/mol. The van der Waals surface area contributed by atoms with Gasteiger partial charge in [0.2, 0.25) is 5.91 Å². The molecule has 0 atom stereocenters. The highest BCUT2D eigenvalue weighted by Crippen LogP contribution is 2.27. The van der Waals surface area contributed by atoms with Gasteiger partial charge < -0.3 is 5.32 Å². The molecule has 0 fully saturated rings. The third kappa shape index (κ3) is 3.63. The first-order valence-electron chi connectivity index (χ1n) is 6.49. The summed E-state index contributed by atoms with van der Waals surface area (Å²) >= 11 is 2.85. The lowest BCUT2D eigenvalue weighted by Gasteiger charge is -2.05. The van der Waals surface area contributed by atoms with Crippen LogP contribution < -0.4 is 5.32 Å². The molecule has 1 N–H and O–H groups in total. The second kappa shape index (κ2) is 6.71. The summed E-state index contributed by atoms with van der Waals surface area (Å²) in [5.74, 6) is -0.00952. The van der Waals surface area contributed by atoms with Crippen molar-refractivity contribution in [1.82, 2.24) is 9.97 Å². The third-order valence-corrected chi connectivity index (χ3v) is 4.75. The summed E-state index contributed by atoms with van der Waals surface area (Å²) in [4.78, 5) is 31.3. The molecule has 2 heterocycles. The van der Waals surface area contributed by atoms with Crippen LogP contribution in [0.2, 0.25) is 0 Å². The average Bonchev–Trinajstić information content (AvgIpc) is 3.02. The van der Waals surface area contributed by atoms with Gasteiger partial charge in [0.05, 0.1) is 10.7 Å². The van der Waals surface area contributed by atoms with Crippen LogP contribution in [0.1, 0.15) is 0 Å². The summed E-state index contributed by atoms with van der Waals surface area (Å²) < 4.78 is 0. The number of carbonyl (C=O) groups is 1. The zero-order valence-electron chi connectivity index (χ0n) is 11.6. The van der Waals surface area contributed by atoms with Crippen molar-refractivity contribution in [3.8, 4) is 0 Å². The molecule has 0 unspecified atom stereocenters. The standard InChI is InChI=1S/C14H10N4O3S2/c19-12(17-9-1-3-10(4-2-9)18(20)21)7-23-14-11-5-6-22-13(11)15-8-16-14/h1-6,8H,7H2,(H,17,19). The van der Waals surface area contributed by atoms with Gasteiger partial charge in [-0.05, 0) is 23.6 Å². The van der Waals surface area contributed by atoms with Gasteiger partial charge in [0, 0.05) is 23.2 Å². The summed E-state index contributed by atoms with van der Waals surface area (Å²) in [7, 11) is 0. The van der Waals surface area contributed by atoms with Crippen molar-refractivity contribution in [1.29, 1.82) is 0 Å². The molecule has 1 aromatic carbocycles. The lowest BCUT2D eigenvalue weighted by molar-refractivity contribution is -0.384. The van der Waals surface area contributed by atoms with E-state index < -0.39 is 4.92 Å². The largest absolute Gasteiger partial charge is 0.325 e. The molecule has 0 radical (unpaired) electrons. The van der Waals surface area contributed by atoms with E-state index in [0.717, 1.165) is 15.2 Å². The van der Waals surface area contributed by atoms with Crippen molar-refractivity contribution in [3.63, 3.8) is 0 Å². The molecule has 0 saturated heterocycles. The molecule has 0 aliphatic heterocycles. The fraction of sp³-hybridized carbons (Fsp3) is 0.0714. The number of nitro groups is 1. The number of nitrogens with one attached hydrogen (secondary N) is 1. The maximum atomic E-state index is 12.0. The quantitative estimate of drug-likeness (QED) is 0.329. The number of thioether (sulfide) groups is 1. The van der Waals surface area contributed by atoms with Crippen LogP contribution in [0, 0.1) is 10.1 Å². The molecular weight excluding hydrogens is 336 g/mol. The van der Waals surface area contributed by atoms with Gasteiger partial charge in [-0.1, -0.05) is 11.8 Å². The number of amides is 1. The Bertz CT molecular complexity index is 864. The van der Waals surface area contributed by atoms with E-state index in [2.05, 4.69) is 15.3 Å². The highest BCUT2D eigenvalue weighted by atomic mass is 32.2. The molecule has 0 saturated carbocycles. The number of fused-ring (bicyclic) bond motifs is 1. The number of nitro benzene ring substituents is 1. The van der Waals surface area contributed by atoms with E-state index in [4.69, 9.17) is 0 Å². The number of hydrogen-bond donors (Lipinski definition) is 1. The van der Waals surface area contributed by atoms with E-state index in [1.165, 1.54) is 53.7 Å². The fourth-order valence-corrected chi connectivity index (χ4v) is 3.46. The van der Waals surface area contributed by atoms with E-state index in [0.29, 0.717) is 5.69 Å². The Labute approximate surface area is 138 Å². The number of benzene rings is 1. The van der Waals surface area contributed by atoms with Crippen LogP contribution in [-0.4, -0.2) is 26.6 Å². The molecule has 0 aliphatic rings. The Morgan fingerprint density at radius 1 is 1.26 bits per heavy atom. The molecule has 3 aromatic rings. The maximum Gasteiger partial charge on any atom is 0.269 e. The molecule has 9 heteroatoms. The Balaban J connectivity index is 1.61. The summed E-state index contributed by atoms with van der Waals surface area (Å²) in [5.41, 5.74) is 0.503. The smallest absolute Gasteiger partial charge is 0.269 e. The highest BCUT2D eigenvalue weighted by Gasteiger charge is 2.10. The van der Waals surface area contributed by atoms with Crippen LogP contribution in [-0.2, 0) is 4.79 Å². The van der Waals surface area contributed by atoms with Gasteiger partial charge >= 0.3 is 0 Å². The van der Waals surface area contributed by atoms with Gasteiger partial charge in [-0.3, -0.25) is 14.9 Å². The number of anilines is 1. The summed E-state index contributed by atoms with van der Waals surface area (Å²) in [6.07, 6.45) is 1.48. The first kappa shape index (κ1) is 15.4. The summed E-state index contributed by atoms with van der Waals surface area (Å²) in [6, 6.07) is 7.63. The fourth-order valence-electron chi connectivity index (χ4n) is 1.88. The molecule has 7 nitrogen and oxygen atoms in total. The summed E-state index contributed by atoms with van der Waals surface area (Å²) in [5, 5.41) is 16.9. The number of rotatable bonds is 5. The average molecular weight is 346 g/mol. The van der Waals surface area contributed by atoms with Gasteiger partial charge in [0.1, 0.15) is 16.2 Å². The number of thiophene rings is 1. The van der Waals surface area contributed by atoms with Crippen LogP contribution >= 0.6 is 23.1 Å². The SMILES string of the molecule is O=C(CSc1ncnc2sccc12)Nc1ccc([N+](=O)[O-])cc1. The Kier molecular flexibility index (Phi) is 4.49. The molecule has 23 heavy (non-hydrogen) atoms. The van der Waals surface area contributed by atoms with Gasteiger partial charge in [-0.2, -0.15) is 0 Å². The summed E-state index contributed by atoms with van der Waals surface area (Å²) in [6.45, 7) is 0. The van der Waals surface area contributed by atoms with Crippen molar-refractivity contribution < 1.29 is 9.72 Å². The second-order valence-corrected chi connectivity index (χ2v) is 6.32. The second-order valence-electron chi connectivity index (χ2n) is 4.46. The Hall–Kier alpha value is -2.52. The van der Waals surface area contributed by atoms with E-state index >= 15 is 0 Å². The normalized spacial score (nSPS) is 10.6. The number of aromatic nitrogens is 2. The topological polar surface area (TPSA) is 98.0 Å². The van der Waals surface area contributed by atoms with E-state index in [-0.39, 0.29) is 17.3 Å². The first-order chi connectivity index (χ1) is 11.1. The Morgan fingerprint density at radius 3 is 2.78 bits per heavy atom. The zero-order chi connectivity index (χ0) is 16.2. The van der Waals surface area contributed by atoms with E-state index in [1.54, 1.807) is 0 Å². The number of hydrogen-bond acceptors (Lipinski definition) is 7. The third-order valence-electron chi connectivity index (χ3n) is 2.93. The van der Waals surface area contributed by atoms with Crippen LogP contribution in [0.3, 0.4) is 0 Å². The molecule has 2 aromatic heterocycles. The number of carbonyl (C=O) groups excluding carboxylic acids is 1. The van der Waals surface area contributed by atoms with Gasteiger partial charge in [0.15, 0.2) is 0 Å². The van der Waals surface area contributed by atoms with Crippen LogP contribution in [0.5, 0.6) is 0 Å². The molecular formula is C14H10N4O3S2. The van der Waals surface area contributed by atoms with Crippen LogP contribution in [0.15, 0.2) is 47.1 Å². The predicted octanol–water partition coefficient (Wildman–Crippen LogP) is 3.33.